The Bertz CT molecular complexity index is 670. The lowest BCUT2D eigenvalue weighted by Crippen LogP contribution is -2.41. The largest absolute Gasteiger partial charge is 0.525 e. The second-order valence-corrected chi connectivity index (χ2v) is 6.52. The number of rotatable bonds is 3. The van der Waals surface area contributed by atoms with Gasteiger partial charge in [0, 0.05) is 17.7 Å². The van der Waals surface area contributed by atoms with Crippen LogP contribution in [0.1, 0.15) is 40.2 Å². The molecule has 6 nitrogen and oxygen atoms in total. The van der Waals surface area contributed by atoms with Crippen LogP contribution in [0.4, 0.5) is 10.1 Å². The first kappa shape index (κ1) is 17.4. The topological polar surface area (TPSA) is 81.8 Å². The molecule has 1 saturated heterocycles. The van der Waals surface area contributed by atoms with Crippen LogP contribution < -0.4 is 0 Å². The summed E-state index contributed by atoms with van der Waals surface area (Å²) >= 11 is 0. The average Bonchev–Trinajstić information content (AvgIpc) is 2.66. The quantitative estimate of drug-likeness (QED) is 0.522. The van der Waals surface area contributed by atoms with E-state index < -0.39 is 29.0 Å². The van der Waals surface area contributed by atoms with E-state index in [-0.39, 0.29) is 22.6 Å². The maximum absolute atomic E-state index is 14.7. The van der Waals surface area contributed by atoms with Crippen molar-refractivity contribution in [2.75, 3.05) is 0 Å². The molecule has 0 aromatic heterocycles. The second-order valence-electron chi connectivity index (χ2n) is 6.52. The molecule has 0 bridgehead atoms. The maximum atomic E-state index is 14.7. The first-order valence-corrected chi connectivity index (χ1v) is 7.16. The third-order valence-corrected chi connectivity index (χ3v) is 4.41. The molecule has 8 heteroatoms. The molecule has 1 N–H and O–H groups in total. The molecule has 124 valence electrons. The Balaban J connectivity index is 2.43. The summed E-state index contributed by atoms with van der Waals surface area (Å²) in [5, 5.41) is 20.7. The number of nitro groups is 1. The number of allylic oxidation sites excluding steroid dienone is 1. The van der Waals surface area contributed by atoms with Crippen molar-refractivity contribution in [1.82, 2.24) is 0 Å². The van der Waals surface area contributed by atoms with Crippen molar-refractivity contribution < 1.29 is 23.7 Å². The number of hydrogen-bond donors (Lipinski definition) is 1. The molecule has 0 atom stereocenters. The molecule has 1 aliphatic heterocycles. The molecular formula is C15H19BFNO5. The zero-order valence-corrected chi connectivity index (χ0v) is 13.7. The Morgan fingerprint density at radius 2 is 1.78 bits per heavy atom. The Morgan fingerprint density at radius 3 is 2.26 bits per heavy atom. The predicted molar refractivity (Wildman–Crippen MR) is 84.5 cm³/mol. The number of nitro benzene ring substituents is 1. The molecule has 1 aliphatic rings. The number of halogens is 1. The van der Waals surface area contributed by atoms with E-state index in [1.54, 1.807) is 27.7 Å². The van der Waals surface area contributed by atoms with Gasteiger partial charge in [-0.15, -0.1) is 0 Å². The Morgan fingerprint density at radius 1 is 1.26 bits per heavy atom. The van der Waals surface area contributed by atoms with Crippen molar-refractivity contribution in [2.24, 2.45) is 0 Å². The van der Waals surface area contributed by atoms with E-state index in [9.17, 15) is 19.6 Å². The molecule has 1 aromatic rings. The molecule has 0 saturated carbocycles. The van der Waals surface area contributed by atoms with Crippen molar-refractivity contribution in [3.8, 4) is 5.75 Å². The zero-order chi connectivity index (χ0) is 17.6. The van der Waals surface area contributed by atoms with Gasteiger partial charge in [-0.3, -0.25) is 10.1 Å². The molecule has 0 unspecified atom stereocenters. The first-order chi connectivity index (χ1) is 10.5. The highest BCUT2D eigenvalue weighted by Gasteiger charge is 2.53. The fourth-order valence-electron chi connectivity index (χ4n) is 2.19. The highest BCUT2D eigenvalue weighted by molar-refractivity contribution is 6.55. The highest BCUT2D eigenvalue weighted by Crippen LogP contribution is 2.41. The summed E-state index contributed by atoms with van der Waals surface area (Å²) < 4.78 is 26.0. The van der Waals surface area contributed by atoms with E-state index in [4.69, 9.17) is 9.31 Å². The monoisotopic (exact) mass is 323 g/mol. The van der Waals surface area contributed by atoms with E-state index in [2.05, 4.69) is 0 Å². The van der Waals surface area contributed by atoms with Crippen LogP contribution in [0.3, 0.4) is 0 Å². The van der Waals surface area contributed by atoms with Crippen molar-refractivity contribution >= 4 is 18.4 Å². The molecule has 1 fully saturated rings. The zero-order valence-electron chi connectivity index (χ0n) is 13.7. The molecule has 1 aromatic carbocycles. The Kier molecular flexibility index (Phi) is 4.25. The minimum Gasteiger partial charge on any atom is -0.507 e. The van der Waals surface area contributed by atoms with Gasteiger partial charge in [0.25, 0.3) is 5.69 Å². The molecule has 0 spiro atoms. The molecule has 2 rings (SSSR count). The van der Waals surface area contributed by atoms with Gasteiger partial charge in [-0.25, -0.2) is 4.39 Å². The van der Waals surface area contributed by atoms with Crippen LogP contribution in [-0.4, -0.2) is 28.4 Å². The van der Waals surface area contributed by atoms with E-state index in [0.717, 1.165) is 18.2 Å². The molecule has 0 amide bonds. The van der Waals surface area contributed by atoms with Crippen molar-refractivity contribution in [3.63, 3.8) is 0 Å². The molecular weight excluding hydrogens is 304 g/mol. The third-order valence-electron chi connectivity index (χ3n) is 4.41. The average molecular weight is 323 g/mol. The van der Waals surface area contributed by atoms with Gasteiger partial charge in [0.1, 0.15) is 11.5 Å². The Labute approximate surface area is 134 Å². The second kappa shape index (κ2) is 5.61. The van der Waals surface area contributed by atoms with Crippen LogP contribution in [0, 0.1) is 10.1 Å². The Hall–Kier alpha value is -1.93. The summed E-state index contributed by atoms with van der Waals surface area (Å²) in [6.45, 7) is 8.58. The number of aromatic hydroxyl groups is 1. The fraction of sp³-hybridized carbons (Fsp3) is 0.467. The molecule has 0 radical (unpaired) electrons. The lowest BCUT2D eigenvalue weighted by atomic mass is 9.83. The molecule has 23 heavy (non-hydrogen) atoms. The van der Waals surface area contributed by atoms with Crippen LogP contribution in [0.15, 0.2) is 23.9 Å². The van der Waals surface area contributed by atoms with Gasteiger partial charge in [-0.05, 0) is 46.3 Å². The number of hydrogen-bond acceptors (Lipinski definition) is 5. The van der Waals surface area contributed by atoms with Crippen LogP contribution in [0.5, 0.6) is 5.75 Å². The lowest BCUT2D eigenvalue weighted by molar-refractivity contribution is -0.384. The normalized spacial score (nSPS) is 20.3. The maximum Gasteiger partial charge on any atom is 0.525 e. The third kappa shape index (κ3) is 3.09. The standard InChI is InChI=1S/C15H19BFNO5/c1-9(11-8-10(18(20)21)6-7-12(11)19)13(17)16-22-14(2,3)15(4,5)23-16/h6-8,19H,1-5H3. The van der Waals surface area contributed by atoms with Crippen molar-refractivity contribution in [2.45, 2.75) is 45.8 Å². The summed E-state index contributed by atoms with van der Waals surface area (Å²) in [5.74, 6) is -0.250. The van der Waals surface area contributed by atoms with E-state index in [1.807, 2.05) is 0 Å². The number of non-ortho nitro benzene ring substituents is 1. The summed E-state index contributed by atoms with van der Waals surface area (Å²) in [4.78, 5) is 10.2. The number of phenolic OH excluding ortho intramolecular Hbond substituents is 1. The van der Waals surface area contributed by atoms with Crippen LogP contribution >= 0.6 is 0 Å². The van der Waals surface area contributed by atoms with E-state index >= 15 is 0 Å². The van der Waals surface area contributed by atoms with Gasteiger partial charge in [-0.2, -0.15) is 0 Å². The molecule has 0 aliphatic carbocycles. The SMILES string of the molecule is CC(=C(F)B1OC(C)(C)C(C)(C)O1)c1cc([N+](=O)[O-])ccc1O. The lowest BCUT2D eigenvalue weighted by Gasteiger charge is -2.32. The van der Waals surface area contributed by atoms with Gasteiger partial charge >= 0.3 is 7.12 Å². The minimum atomic E-state index is -1.22. The highest BCUT2D eigenvalue weighted by atomic mass is 19.1. The van der Waals surface area contributed by atoms with E-state index in [1.165, 1.54) is 6.92 Å². The van der Waals surface area contributed by atoms with Gasteiger partial charge in [0.2, 0.25) is 0 Å². The van der Waals surface area contributed by atoms with Gasteiger partial charge in [-0.1, -0.05) is 0 Å². The van der Waals surface area contributed by atoms with Crippen LogP contribution in [0.2, 0.25) is 0 Å². The van der Waals surface area contributed by atoms with Gasteiger partial charge in [0.15, 0.2) is 0 Å². The van der Waals surface area contributed by atoms with Gasteiger partial charge in [0.05, 0.1) is 16.1 Å². The van der Waals surface area contributed by atoms with Gasteiger partial charge < -0.3 is 14.4 Å². The molecule has 1 heterocycles. The van der Waals surface area contributed by atoms with Crippen molar-refractivity contribution in [1.29, 1.82) is 0 Å². The smallest absolute Gasteiger partial charge is 0.507 e. The predicted octanol–water partition coefficient (Wildman–Crippen LogP) is 3.63. The number of benzene rings is 1. The summed E-state index contributed by atoms with van der Waals surface area (Å²) in [7, 11) is -1.22. The minimum absolute atomic E-state index is 0.0321. The first-order valence-electron chi connectivity index (χ1n) is 7.16. The number of phenols is 1. The van der Waals surface area contributed by atoms with E-state index in [0.29, 0.717) is 0 Å². The summed E-state index contributed by atoms with van der Waals surface area (Å²) in [5.41, 5.74) is -2.31. The number of nitrogens with zero attached hydrogens (tertiary/aromatic N) is 1. The fourth-order valence-corrected chi connectivity index (χ4v) is 2.19. The van der Waals surface area contributed by atoms with Crippen LogP contribution in [-0.2, 0) is 9.31 Å². The summed E-state index contributed by atoms with van der Waals surface area (Å²) in [6, 6.07) is 3.43. The van der Waals surface area contributed by atoms with Crippen molar-refractivity contribution in [3.05, 3.63) is 39.6 Å². The summed E-state index contributed by atoms with van der Waals surface area (Å²) in [6.07, 6.45) is 0. The van der Waals surface area contributed by atoms with Crippen LogP contribution in [0.25, 0.3) is 5.57 Å².